The molecule has 1 aliphatic heterocycles. The van der Waals surface area contributed by atoms with E-state index < -0.39 is 0 Å². The molecule has 3 aliphatic rings. The molecule has 5 rings (SSSR count). The molecular formula is C23H28FN3O. The number of nitrogens with one attached hydrogen (secondary N) is 1. The largest absolute Gasteiger partial charge is 0.375 e. The van der Waals surface area contributed by atoms with Crippen LogP contribution in [0.1, 0.15) is 49.8 Å². The first-order valence-electron chi connectivity index (χ1n) is 10.5. The summed E-state index contributed by atoms with van der Waals surface area (Å²) < 4.78 is 19.7. The van der Waals surface area contributed by atoms with Gasteiger partial charge in [0.1, 0.15) is 5.82 Å². The molecule has 3 fully saturated rings. The minimum atomic E-state index is -0.282. The first-order valence-corrected chi connectivity index (χ1v) is 10.5. The lowest BCUT2D eigenvalue weighted by atomic mass is 9.67. The molecule has 0 bridgehead atoms. The Bertz CT molecular complexity index is 820. The molecule has 2 aromatic heterocycles. The maximum atomic E-state index is 13.3. The van der Waals surface area contributed by atoms with Gasteiger partial charge in [-0.2, -0.15) is 0 Å². The summed E-state index contributed by atoms with van der Waals surface area (Å²) in [7, 11) is 0. The fraction of sp³-hybridized carbons (Fsp3) is 0.565. The first kappa shape index (κ1) is 18.2. The molecule has 1 spiro atoms. The van der Waals surface area contributed by atoms with E-state index in [9.17, 15) is 4.39 Å². The zero-order chi connectivity index (χ0) is 19.0. The summed E-state index contributed by atoms with van der Waals surface area (Å²) in [6.45, 7) is 2.33. The minimum absolute atomic E-state index is 0.0590. The maximum Gasteiger partial charge on any atom is 0.141 e. The smallest absolute Gasteiger partial charge is 0.141 e. The van der Waals surface area contributed by atoms with Crippen molar-refractivity contribution in [1.82, 2.24) is 15.3 Å². The molecule has 28 heavy (non-hydrogen) atoms. The van der Waals surface area contributed by atoms with Gasteiger partial charge in [-0.25, -0.2) is 4.39 Å². The van der Waals surface area contributed by atoms with E-state index in [-0.39, 0.29) is 16.8 Å². The number of nitrogens with zero attached hydrogens (tertiary/aromatic N) is 2. The average Bonchev–Trinajstić information content (AvgIpc) is 3.33. The number of rotatable bonds is 6. The molecule has 3 heterocycles. The summed E-state index contributed by atoms with van der Waals surface area (Å²) in [5.41, 5.74) is 2.21. The third-order valence-corrected chi connectivity index (χ3v) is 7.07. The van der Waals surface area contributed by atoms with Gasteiger partial charge in [0, 0.05) is 36.7 Å². The standard InChI is InChI=1S/C23H28FN3O/c24-20-9-17(14-26-15-20)13-25-7-4-22(21-3-1-2-6-27-21)5-8-28-23(16-22)11-18-10-19(18)12-23/h1-3,6,9,14-15,18-19,25H,4-5,7-8,10-13,16H2/t18?,19?,22-,23?/m0/s1. The normalized spacial score (nSPS) is 33.8. The highest BCUT2D eigenvalue weighted by atomic mass is 19.1. The Labute approximate surface area is 165 Å². The van der Waals surface area contributed by atoms with Crippen LogP contribution in [0.25, 0.3) is 0 Å². The van der Waals surface area contributed by atoms with Crippen LogP contribution in [0.15, 0.2) is 42.9 Å². The highest BCUT2D eigenvalue weighted by molar-refractivity contribution is 5.22. The van der Waals surface area contributed by atoms with E-state index >= 15 is 0 Å². The Morgan fingerprint density at radius 2 is 2.11 bits per heavy atom. The van der Waals surface area contributed by atoms with E-state index in [2.05, 4.69) is 22.4 Å². The predicted molar refractivity (Wildman–Crippen MR) is 105 cm³/mol. The van der Waals surface area contributed by atoms with Gasteiger partial charge in [0.25, 0.3) is 0 Å². The number of ether oxygens (including phenoxy) is 1. The van der Waals surface area contributed by atoms with E-state index in [0.29, 0.717) is 6.54 Å². The lowest BCUT2D eigenvalue weighted by Gasteiger charge is -2.47. The van der Waals surface area contributed by atoms with Crippen LogP contribution >= 0.6 is 0 Å². The Balaban J connectivity index is 1.29. The zero-order valence-electron chi connectivity index (χ0n) is 16.2. The van der Waals surface area contributed by atoms with Gasteiger partial charge in [0.05, 0.1) is 11.8 Å². The van der Waals surface area contributed by atoms with Crippen LogP contribution in [0.2, 0.25) is 0 Å². The summed E-state index contributed by atoms with van der Waals surface area (Å²) in [6.07, 6.45) is 11.9. The van der Waals surface area contributed by atoms with Crippen molar-refractivity contribution >= 4 is 0 Å². The van der Waals surface area contributed by atoms with Crippen LogP contribution in [-0.4, -0.2) is 28.7 Å². The van der Waals surface area contributed by atoms with E-state index in [1.807, 2.05) is 12.3 Å². The van der Waals surface area contributed by atoms with Gasteiger partial charge >= 0.3 is 0 Å². The van der Waals surface area contributed by atoms with Crippen molar-refractivity contribution < 1.29 is 9.13 Å². The number of hydrogen-bond acceptors (Lipinski definition) is 4. The highest BCUT2D eigenvalue weighted by Gasteiger charge is 2.58. The summed E-state index contributed by atoms with van der Waals surface area (Å²) in [5.74, 6) is 1.52. The van der Waals surface area contributed by atoms with Crippen molar-refractivity contribution in [2.24, 2.45) is 11.8 Å². The highest BCUT2D eigenvalue weighted by Crippen LogP contribution is 2.61. The van der Waals surface area contributed by atoms with Crippen molar-refractivity contribution in [3.05, 3.63) is 59.9 Å². The maximum absolute atomic E-state index is 13.3. The molecule has 2 aromatic rings. The van der Waals surface area contributed by atoms with Crippen LogP contribution in [0, 0.1) is 17.7 Å². The van der Waals surface area contributed by atoms with E-state index in [0.717, 1.165) is 49.8 Å². The lowest BCUT2D eigenvalue weighted by Crippen LogP contribution is -2.48. The Kier molecular flexibility index (Phi) is 4.68. The molecule has 1 N–H and O–H groups in total. The van der Waals surface area contributed by atoms with E-state index in [4.69, 9.17) is 9.72 Å². The number of fused-ring (bicyclic) bond motifs is 1. The number of hydrogen-bond donors (Lipinski definition) is 1. The second-order valence-corrected chi connectivity index (χ2v) is 9.06. The third kappa shape index (κ3) is 3.58. The third-order valence-electron chi connectivity index (χ3n) is 7.07. The van der Waals surface area contributed by atoms with Crippen molar-refractivity contribution in [3.63, 3.8) is 0 Å². The van der Waals surface area contributed by atoms with Gasteiger partial charge < -0.3 is 10.1 Å². The van der Waals surface area contributed by atoms with E-state index in [1.165, 1.54) is 31.2 Å². The van der Waals surface area contributed by atoms with Crippen molar-refractivity contribution in [3.8, 4) is 0 Å². The molecule has 0 aromatic carbocycles. The monoisotopic (exact) mass is 381 g/mol. The molecule has 0 radical (unpaired) electrons. The second kappa shape index (κ2) is 7.20. The summed E-state index contributed by atoms with van der Waals surface area (Å²) >= 11 is 0. The van der Waals surface area contributed by atoms with Gasteiger partial charge in [0.2, 0.25) is 0 Å². The number of pyridine rings is 2. The summed E-state index contributed by atoms with van der Waals surface area (Å²) in [5, 5.41) is 3.49. The van der Waals surface area contributed by atoms with Gasteiger partial charge in [-0.15, -0.1) is 0 Å². The quantitative estimate of drug-likeness (QED) is 0.768. The fourth-order valence-corrected chi connectivity index (χ4v) is 5.68. The number of halogens is 1. The molecule has 148 valence electrons. The van der Waals surface area contributed by atoms with Crippen LogP contribution in [-0.2, 0) is 16.7 Å². The van der Waals surface area contributed by atoms with Gasteiger partial charge in [-0.3, -0.25) is 9.97 Å². The molecule has 5 heteroatoms. The molecule has 4 nitrogen and oxygen atoms in total. The topological polar surface area (TPSA) is 47.0 Å². The Morgan fingerprint density at radius 1 is 1.21 bits per heavy atom. The second-order valence-electron chi connectivity index (χ2n) is 9.06. The molecule has 2 unspecified atom stereocenters. The van der Waals surface area contributed by atoms with Gasteiger partial charge in [0.15, 0.2) is 0 Å². The number of aromatic nitrogens is 2. The molecule has 0 amide bonds. The summed E-state index contributed by atoms with van der Waals surface area (Å²) in [4.78, 5) is 8.70. The van der Waals surface area contributed by atoms with Crippen molar-refractivity contribution in [1.29, 1.82) is 0 Å². The van der Waals surface area contributed by atoms with Crippen molar-refractivity contribution in [2.45, 2.75) is 56.1 Å². The van der Waals surface area contributed by atoms with E-state index in [1.54, 1.807) is 12.3 Å². The summed E-state index contributed by atoms with van der Waals surface area (Å²) in [6, 6.07) is 7.82. The van der Waals surface area contributed by atoms with Gasteiger partial charge in [-0.1, -0.05) is 6.07 Å². The molecule has 2 aliphatic carbocycles. The first-order chi connectivity index (χ1) is 13.7. The minimum Gasteiger partial charge on any atom is -0.375 e. The molecule has 3 atom stereocenters. The molecular weight excluding hydrogens is 353 g/mol. The zero-order valence-corrected chi connectivity index (χ0v) is 16.2. The van der Waals surface area contributed by atoms with Crippen LogP contribution in [0.4, 0.5) is 4.39 Å². The van der Waals surface area contributed by atoms with Crippen LogP contribution in [0.5, 0.6) is 0 Å². The molecule has 1 saturated heterocycles. The van der Waals surface area contributed by atoms with Crippen LogP contribution in [0.3, 0.4) is 0 Å². The Hall–Kier alpha value is -1.85. The van der Waals surface area contributed by atoms with Gasteiger partial charge in [-0.05, 0) is 80.7 Å². The van der Waals surface area contributed by atoms with Crippen molar-refractivity contribution in [2.75, 3.05) is 13.2 Å². The molecule has 2 saturated carbocycles. The fourth-order valence-electron chi connectivity index (χ4n) is 5.68. The van der Waals surface area contributed by atoms with Crippen LogP contribution < -0.4 is 5.32 Å². The predicted octanol–water partition coefficient (Wildman–Crippen LogP) is 4.01. The Morgan fingerprint density at radius 3 is 2.89 bits per heavy atom. The lowest BCUT2D eigenvalue weighted by molar-refractivity contribution is -0.111. The average molecular weight is 381 g/mol. The SMILES string of the molecule is Fc1cncc(CNCC[C@]2(c3ccccn3)CCOC3(CC4CC4C3)C2)c1.